The molecule has 2 heteroatoms. The molecule has 0 aliphatic carbocycles. The van der Waals surface area contributed by atoms with Gasteiger partial charge in [-0.2, -0.15) is 0 Å². The first-order valence-electron chi connectivity index (χ1n) is 6.59. The van der Waals surface area contributed by atoms with Crippen molar-refractivity contribution < 1.29 is 4.39 Å². The standard InChI is InChI=1S/C15H24FN/c1-5-7-15(17-6-2)12(4)13-9-8-11(3)14(16)10-13/h8-10,12,15,17H,5-7H2,1-4H3. The second kappa shape index (κ2) is 6.75. The lowest BCUT2D eigenvalue weighted by atomic mass is 9.90. The Hall–Kier alpha value is -0.890. The van der Waals surface area contributed by atoms with Crippen LogP contribution in [-0.2, 0) is 0 Å². The summed E-state index contributed by atoms with van der Waals surface area (Å²) in [6, 6.07) is 6.03. The van der Waals surface area contributed by atoms with Gasteiger partial charge in [0.1, 0.15) is 5.82 Å². The number of aryl methyl sites for hydroxylation is 1. The Morgan fingerprint density at radius 3 is 2.53 bits per heavy atom. The van der Waals surface area contributed by atoms with Gasteiger partial charge < -0.3 is 5.32 Å². The van der Waals surface area contributed by atoms with Crippen molar-refractivity contribution in [2.45, 2.75) is 52.5 Å². The fraction of sp³-hybridized carbons (Fsp3) is 0.600. The minimum absolute atomic E-state index is 0.0962. The van der Waals surface area contributed by atoms with E-state index in [0.717, 1.165) is 30.5 Å². The van der Waals surface area contributed by atoms with Crippen molar-refractivity contribution >= 4 is 0 Å². The van der Waals surface area contributed by atoms with Crippen LogP contribution in [0.5, 0.6) is 0 Å². The van der Waals surface area contributed by atoms with Crippen molar-refractivity contribution in [1.82, 2.24) is 5.32 Å². The van der Waals surface area contributed by atoms with Gasteiger partial charge in [0.05, 0.1) is 0 Å². The van der Waals surface area contributed by atoms with Crippen LogP contribution in [0.4, 0.5) is 4.39 Å². The molecular formula is C15H24FN. The van der Waals surface area contributed by atoms with Gasteiger partial charge in [0, 0.05) is 6.04 Å². The summed E-state index contributed by atoms with van der Waals surface area (Å²) in [5, 5.41) is 3.49. The van der Waals surface area contributed by atoms with Gasteiger partial charge in [0.2, 0.25) is 0 Å². The van der Waals surface area contributed by atoms with Crippen LogP contribution >= 0.6 is 0 Å². The number of halogens is 1. The van der Waals surface area contributed by atoms with Gasteiger partial charge in [-0.1, -0.05) is 39.3 Å². The molecule has 0 bridgehead atoms. The van der Waals surface area contributed by atoms with E-state index >= 15 is 0 Å². The molecule has 1 rings (SSSR count). The van der Waals surface area contributed by atoms with Crippen molar-refractivity contribution in [3.05, 3.63) is 35.1 Å². The zero-order valence-corrected chi connectivity index (χ0v) is 11.4. The average molecular weight is 237 g/mol. The zero-order chi connectivity index (χ0) is 12.8. The number of likely N-dealkylation sites (N-methyl/N-ethyl adjacent to an activating group) is 1. The molecule has 2 unspecified atom stereocenters. The largest absolute Gasteiger partial charge is 0.314 e. The maximum atomic E-state index is 13.6. The minimum atomic E-state index is -0.0962. The van der Waals surface area contributed by atoms with Crippen LogP contribution in [0.15, 0.2) is 18.2 Å². The number of rotatable bonds is 6. The lowest BCUT2D eigenvalue weighted by Gasteiger charge is -2.25. The van der Waals surface area contributed by atoms with Gasteiger partial charge in [0.25, 0.3) is 0 Å². The van der Waals surface area contributed by atoms with E-state index in [2.05, 4.69) is 26.1 Å². The fourth-order valence-corrected chi connectivity index (χ4v) is 2.23. The molecule has 1 aromatic carbocycles. The third-order valence-electron chi connectivity index (χ3n) is 3.39. The summed E-state index contributed by atoms with van der Waals surface area (Å²) in [6.45, 7) is 9.24. The molecule has 2 atom stereocenters. The summed E-state index contributed by atoms with van der Waals surface area (Å²) >= 11 is 0. The quantitative estimate of drug-likeness (QED) is 0.788. The molecule has 0 radical (unpaired) electrons. The maximum absolute atomic E-state index is 13.6. The molecule has 0 heterocycles. The van der Waals surface area contributed by atoms with E-state index < -0.39 is 0 Å². The minimum Gasteiger partial charge on any atom is -0.314 e. The van der Waals surface area contributed by atoms with Crippen LogP contribution in [0.3, 0.4) is 0 Å². The Kier molecular flexibility index (Phi) is 5.63. The highest BCUT2D eigenvalue weighted by atomic mass is 19.1. The summed E-state index contributed by atoms with van der Waals surface area (Å²) in [5.74, 6) is 0.256. The van der Waals surface area contributed by atoms with E-state index in [-0.39, 0.29) is 5.82 Å². The smallest absolute Gasteiger partial charge is 0.126 e. The molecule has 17 heavy (non-hydrogen) atoms. The van der Waals surface area contributed by atoms with Crippen LogP contribution in [0.2, 0.25) is 0 Å². The highest BCUT2D eigenvalue weighted by molar-refractivity contribution is 5.26. The first-order chi connectivity index (χ1) is 8.10. The molecule has 0 aliphatic rings. The molecule has 0 aliphatic heterocycles. The Morgan fingerprint density at radius 2 is 2.00 bits per heavy atom. The molecule has 0 spiro atoms. The Bertz CT molecular complexity index is 343. The lowest BCUT2D eigenvalue weighted by molar-refractivity contribution is 0.428. The van der Waals surface area contributed by atoms with Crippen molar-refractivity contribution in [2.24, 2.45) is 0 Å². The summed E-state index contributed by atoms with van der Waals surface area (Å²) in [5.41, 5.74) is 1.81. The molecule has 0 aromatic heterocycles. The monoisotopic (exact) mass is 237 g/mol. The maximum Gasteiger partial charge on any atom is 0.126 e. The zero-order valence-electron chi connectivity index (χ0n) is 11.4. The average Bonchev–Trinajstić information content (AvgIpc) is 2.31. The molecule has 0 saturated heterocycles. The van der Waals surface area contributed by atoms with Gasteiger partial charge in [-0.15, -0.1) is 0 Å². The second-order valence-electron chi connectivity index (χ2n) is 4.75. The number of hydrogen-bond acceptors (Lipinski definition) is 1. The predicted molar refractivity (Wildman–Crippen MR) is 71.9 cm³/mol. The first-order valence-corrected chi connectivity index (χ1v) is 6.59. The molecule has 1 nitrogen and oxygen atoms in total. The van der Waals surface area contributed by atoms with Gasteiger partial charge in [-0.3, -0.25) is 0 Å². The Balaban J connectivity index is 2.84. The van der Waals surface area contributed by atoms with Crippen LogP contribution in [0.1, 0.15) is 50.7 Å². The molecule has 0 saturated carbocycles. The van der Waals surface area contributed by atoms with E-state index in [1.54, 1.807) is 13.0 Å². The third kappa shape index (κ3) is 3.81. The number of hydrogen-bond donors (Lipinski definition) is 1. The predicted octanol–water partition coefficient (Wildman–Crippen LogP) is 4.02. The first kappa shape index (κ1) is 14.2. The highest BCUT2D eigenvalue weighted by Gasteiger charge is 2.17. The van der Waals surface area contributed by atoms with Gasteiger partial charge in [0.15, 0.2) is 0 Å². The second-order valence-corrected chi connectivity index (χ2v) is 4.75. The summed E-state index contributed by atoms with van der Waals surface area (Å²) in [4.78, 5) is 0. The molecule has 0 amide bonds. The van der Waals surface area contributed by atoms with Crippen molar-refractivity contribution in [3.63, 3.8) is 0 Å². The van der Waals surface area contributed by atoms with E-state index in [4.69, 9.17) is 0 Å². The van der Waals surface area contributed by atoms with Crippen LogP contribution in [-0.4, -0.2) is 12.6 Å². The van der Waals surface area contributed by atoms with Gasteiger partial charge in [-0.05, 0) is 43.0 Å². The molecule has 1 aromatic rings. The lowest BCUT2D eigenvalue weighted by Crippen LogP contribution is -2.33. The Labute approximate surface area is 104 Å². The fourth-order valence-electron chi connectivity index (χ4n) is 2.23. The molecular weight excluding hydrogens is 213 g/mol. The number of nitrogens with one attached hydrogen (secondary N) is 1. The highest BCUT2D eigenvalue weighted by Crippen LogP contribution is 2.23. The van der Waals surface area contributed by atoms with Crippen LogP contribution < -0.4 is 5.32 Å². The molecule has 96 valence electrons. The van der Waals surface area contributed by atoms with E-state index in [1.807, 2.05) is 12.1 Å². The Morgan fingerprint density at radius 1 is 1.29 bits per heavy atom. The summed E-state index contributed by atoms with van der Waals surface area (Å²) in [7, 11) is 0. The number of benzene rings is 1. The summed E-state index contributed by atoms with van der Waals surface area (Å²) in [6.07, 6.45) is 2.28. The summed E-state index contributed by atoms with van der Waals surface area (Å²) < 4.78 is 13.6. The van der Waals surface area contributed by atoms with E-state index in [1.165, 1.54) is 0 Å². The van der Waals surface area contributed by atoms with Crippen LogP contribution in [0, 0.1) is 12.7 Å². The SMILES string of the molecule is CCCC(NCC)C(C)c1ccc(C)c(F)c1. The van der Waals surface area contributed by atoms with Gasteiger partial charge >= 0.3 is 0 Å². The van der Waals surface area contributed by atoms with Gasteiger partial charge in [-0.25, -0.2) is 4.39 Å². The van der Waals surface area contributed by atoms with Crippen molar-refractivity contribution in [3.8, 4) is 0 Å². The van der Waals surface area contributed by atoms with Crippen molar-refractivity contribution in [2.75, 3.05) is 6.54 Å². The van der Waals surface area contributed by atoms with Crippen molar-refractivity contribution in [1.29, 1.82) is 0 Å². The molecule has 0 fully saturated rings. The normalized spacial score (nSPS) is 14.6. The molecule has 1 N–H and O–H groups in total. The van der Waals surface area contributed by atoms with E-state index in [0.29, 0.717) is 12.0 Å². The van der Waals surface area contributed by atoms with E-state index in [9.17, 15) is 4.39 Å². The topological polar surface area (TPSA) is 12.0 Å². The van der Waals surface area contributed by atoms with Crippen LogP contribution in [0.25, 0.3) is 0 Å². The third-order valence-corrected chi connectivity index (χ3v) is 3.39.